The SMILES string of the molecule is O=C1CCCC(=O)N1CCS(=O)(=O)NC1CCN(c2ncnc3c2CCCC3)CC1. The Morgan fingerprint density at radius 3 is 2.40 bits per heavy atom. The zero-order valence-electron chi connectivity index (χ0n) is 17.2. The molecule has 0 spiro atoms. The number of rotatable bonds is 6. The van der Waals surface area contributed by atoms with Gasteiger partial charge in [0.15, 0.2) is 0 Å². The summed E-state index contributed by atoms with van der Waals surface area (Å²) in [4.78, 5) is 36.0. The molecule has 2 amide bonds. The van der Waals surface area contributed by atoms with Crippen LogP contribution in [0.1, 0.15) is 56.2 Å². The first kappa shape index (κ1) is 21.2. The normalized spacial score (nSPS) is 21.1. The van der Waals surface area contributed by atoms with Gasteiger partial charge in [0.05, 0.1) is 5.75 Å². The second kappa shape index (κ2) is 8.97. The third-order valence-electron chi connectivity index (χ3n) is 6.21. The van der Waals surface area contributed by atoms with E-state index in [0.717, 1.165) is 48.8 Å². The van der Waals surface area contributed by atoms with Crippen molar-refractivity contribution in [2.45, 2.75) is 63.8 Å². The summed E-state index contributed by atoms with van der Waals surface area (Å²) >= 11 is 0. The number of sulfonamides is 1. The first-order valence-corrected chi connectivity index (χ1v) is 12.5. The molecule has 30 heavy (non-hydrogen) atoms. The van der Waals surface area contributed by atoms with Gasteiger partial charge in [0, 0.05) is 49.8 Å². The van der Waals surface area contributed by atoms with Crippen molar-refractivity contribution in [3.8, 4) is 0 Å². The Balaban J connectivity index is 1.30. The maximum absolute atomic E-state index is 12.5. The lowest BCUT2D eigenvalue weighted by Crippen LogP contribution is -2.48. The van der Waals surface area contributed by atoms with E-state index in [9.17, 15) is 18.0 Å². The number of aryl methyl sites for hydroxylation is 1. The van der Waals surface area contributed by atoms with Gasteiger partial charge in [-0.25, -0.2) is 23.1 Å². The summed E-state index contributed by atoms with van der Waals surface area (Å²) in [5.41, 5.74) is 2.40. The van der Waals surface area contributed by atoms with Crippen LogP contribution in [0, 0.1) is 0 Å². The second-order valence-electron chi connectivity index (χ2n) is 8.32. The highest BCUT2D eigenvalue weighted by molar-refractivity contribution is 7.89. The molecule has 1 aliphatic carbocycles. The van der Waals surface area contributed by atoms with Crippen LogP contribution in [-0.4, -0.2) is 66.5 Å². The number of carbonyl (C=O) groups is 2. The molecule has 0 bridgehead atoms. The van der Waals surface area contributed by atoms with Crippen LogP contribution in [0.3, 0.4) is 0 Å². The molecule has 164 valence electrons. The van der Waals surface area contributed by atoms with Crippen molar-refractivity contribution in [2.24, 2.45) is 0 Å². The summed E-state index contributed by atoms with van der Waals surface area (Å²) in [6, 6.07) is -0.142. The van der Waals surface area contributed by atoms with Crippen LogP contribution in [0.4, 0.5) is 5.82 Å². The number of piperidine rings is 2. The Kier molecular flexibility index (Phi) is 6.33. The quantitative estimate of drug-likeness (QED) is 0.657. The van der Waals surface area contributed by atoms with Gasteiger partial charge in [-0.15, -0.1) is 0 Å². The fourth-order valence-electron chi connectivity index (χ4n) is 4.56. The van der Waals surface area contributed by atoms with Gasteiger partial charge in [0.1, 0.15) is 12.1 Å². The third-order valence-corrected chi connectivity index (χ3v) is 7.62. The van der Waals surface area contributed by atoms with Crippen molar-refractivity contribution in [2.75, 3.05) is 30.3 Å². The molecule has 1 N–H and O–H groups in total. The Morgan fingerprint density at radius 1 is 0.967 bits per heavy atom. The third kappa shape index (κ3) is 4.80. The van der Waals surface area contributed by atoms with Gasteiger partial charge >= 0.3 is 0 Å². The summed E-state index contributed by atoms with van der Waals surface area (Å²) in [6.45, 7) is 1.40. The van der Waals surface area contributed by atoms with E-state index in [-0.39, 0.29) is 30.2 Å². The Hall–Kier alpha value is -2.07. The average molecular weight is 436 g/mol. The summed E-state index contributed by atoms with van der Waals surface area (Å²) in [6.07, 6.45) is 8.53. The van der Waals surface area contributed by atoms with Crippen molar-refractivity contribution in [1.29, 1.82) is 0 Å². The molecule has 10 heteroatoms. The van der Waals surface area contributed by atoms with Crippen LogP contribution in [0.25, 0.3) is 0 Å². The zero-order valence-corrected chi connectivity index (χ0v) is 18.0. The molecular formula is C20H29N5O4S. The van der Waals surface area contributed by atoms with Gasteiger partial charge in [-0.1, -0.05) is 0 Å². The van der Waals surface area contributed by atoms with E-state index in [4.69, 9.17) is 0 Å². The largest absolute Gasteiger partial charge is 0.356 e. The van der Waals surface area contributed by atoms with E-state index < -0.39 is 10.0 Å². The zero-order chi connectivity index (χ0) is 21.1. The predicted molar refractivity (Wildman–Crippen MR) is 111 cm³/mol. The van der Waals surface area contributed by atoms with Crippen molar-refractivity contribution in [1.82, 2.24) is 19.6 Å². The maximum Gasteiger partial charge on any atom is 0.229 e. The molecule has 1 aromatic heterocycles. The number of carbonyl (C=O) groups excluding carboxylic acids is 2. The number of amides is 2. The fourth-order valence-corrected chi connectivity index (χ4v) is 5.84. The average Bonchev–Trinajstić information content (AvgIpc) is 2.73. The first-order valence-electron chi connectivity index (χ1n) is 10.8. The molecule has 9 nitrogen and oxygen atoms in total. The van der Waals surface area contributed by atoms with Crippen LogP contribution in [0.2, 0.25) is 0 Å². The van der Waals surface area contributed by atoms with Gasteiger partial charge in [-0.05, 0) is 44.9 Å². The number of nitrogens with one attached hydrogen (secondary N) is 1. The molecule has 4 rings (SSSR count). The number of anilines is 1. The number of hydrogen-bond acceptors (Lipinski definition) is 7. The molecule has 3 heterocycles. The number of likely N-dealkylation sites (tertiary alicyclic amines) is 1. The number of nitrogens with zero attached hydrogens (tertiary/aromatic N) is 4. The van der Waals surface area contributed by atoms with Crippen molar-refractivity contribution < 1.29 is 18.0 Å². The minimum atomic E-state index is -3.56. The number of fused-ring (bicyclic) bond motifs is 1. The Morgan fingerprint density at radius 2 is 1.67 bits per heavy atom. The summed E-state index contributed by atoms with van der Waals surface area (Å²) in [5.74, 6) is 0.207. The van der Waals surface area contributed by atoms with E-state index >= 15 is 0 Å². The smallest absolute Gasteiger partial charge is 0.229 e. The van der Waals surface area contributed by atoms with Gasteiger partial charge < -0.3 is 4.90 Å². The van der Waals surface area contributed by atoms with E-state index in [0.29, 0.717) is 32.1 Å². The molecule has 2 fully saturated rings. The predicted octanol–water partition coefficient (Wildman–Crippen LogP) is 0.783. The van der Waals surface area contributed by atoms with Crippen molar-refractivity contribution in [3.63, 3.8) is 0 Å². The monoisotopic (exact) mass is 435 g/mol. The van der Waals surface area contributed by atoms with Crippen LogP contribution in [0.15, 0.2) is 6.33 Å². The molecule has 1 aromatic rings. The highest BCUT2D eigenvalue weighted by atomic mass is 32.2. The lowest BCUT2D eigenvalue weighted by atomic mass is 9.95. The first-order chi connectivity index (χ1) is 14.4. The molecule has 2 saturated heterocycles. The van der Waals surface area contributed by atoms with E-state index in [1.54, 1.807) is 6.33 Å². The van der Waals surface area contributed by atoms with Crippen LogP contribution in [0.5, 0.6) is 0 Å². The Bertz CT molecular complexity index is 896. The Labute approximate surface area is 177 Å². The maximum atomic E-state index is 12.5. The highest BCUT2D eigenvalue weighted by Gasteiger charge is 2.30. The van der Waals surface area contributed by atoms with Gasteiger partial charge in [-0.3, -0.25) is 14.5 Å². The molecule has 0 atom stereocenters. The minimum absolute atomic E-state index is 0.0705. The van der Waals surface area contributed by atoms with E-state index in [1.807, 2.05) is 0 Å². The highest BCUT2D eigenvalue weighted by Crippen LogP contribution is 2.29. The molecular weight excluding hydrogens is 406 g/mol. The van der Waals surface area contributed by atoms with Crippen LogP contribution >= 0.6 is 0 Å². The minimum Gasteiger partial charge on any atom is -0.356 e. The van der Waals surface area contributed by atoms with E-state index in [2.05, 4.69) is 19.6 Å². The fraction of sp³-hybridized carbons (Fsp3) is 0.700. The number of aromatic nitrogens is 2. The standard InChI is InChI=1S/C20H29N5O4S/c26-18-6-3-7-19(27)25(18)12-13-30(28,29)23-15-8-10-24(11-9-15)20-16-4-1-2-5-17(16)21-14-22-20/h14-15,23H,1-13H2. The molecule has 3 aliphatic rings. The van der Waals surface area contributed by atoms with Crippen LogP contribution in [-0.2, 0) is 32.5 Å². The molecule has 0 aromatic carbocycles. The molecule has 2 aliphatic heterocycles. The lowest BCUT2D eigenvalue weighted by Gasteiger charge is -2.35. The summed E-state index contributed by atoms with van der Waals surface area (Å²) in [5, 5.41) is 0. The number of hydrogen-bond donors (Lipinski definition) is 1. The molecule has 0 radical (unpaired) electrons. The lowest BCUT2D eigenvalue weighted by molar-refractivity contribution is -0.147. The van der Waals surface area contributed by atoms with Crippen molar-refractivity contribution >= 4 is 27.7 Å². The summed E-state index contributed by atoms with van der Waals surface area (Å²) < 4.78 is 27.8. The molecule has 0 unspecified atom stereocenters. The van der Waals surface area contributed by atoms with E-state index in [1.165, 1.54) is 12.0 Å². The summed E-state index contributed by atoms with van der Waals surface area (Å²) in [7, 11) is -3.56. The topological polar surface area (TPSA) is 113 Å². The second-order valence-corrected chi connectivity index (χ2v) is 10.2. The van der Waals surface area contributed by atoms with Gasteiger partial charge in [0.2, 0.25) is 21.8 Å². The van der Waals surface area contributed by atoms with Gasteiger partial charge in [-0.2, -0.15) is 0 Å². The van der Waals surface area contributed by atoms with Crippen LogP contribution < -0.4 is 9.62 Å². The number of imide groups is 1. The molecule has 0 saturated carbocycles. The van der Waals surface area contributed by atoms with Crippen molar-refractivity contribution in [3.05, 3.63) is 17.6 Å². The van der Waals surface area contributed by atoms with Gasteiger partial charge in [0.25, 0.3) is 0 Å².